The van der Waals surface area contributed by atoms with Crippen LogP contribution in [0.4, 0.5) is 0 Å². The van der Waals surface area contributed by atoms with Crippen molar-refractivity contribution in [1.29, 1.82) is 0 Å². The lowest BCUT2D eigenvalue weighted by molar-refractivity contribution is -0.138. The monoisotopic (exact) mass is 444 g/mol. The maximum atomic E-state index is 12.9. The Morgan fingerprint density at radius 3 is 2.70 bits per heavy atom. The number of aromatic nitrogens is 2. The molecular formula is C26H28N4O3. The van der Waals surface area contributed by atoms with Crippen molar-refractivity contribution in [3.05, 3.63) is 82.8 Å². The minimum atomic E-state index is -0.291. The van der Waals surface area contributed by atoms with Gasteiger partial charge in [0.1, 0.15) is 11.8 Å². The van der Waals surface area contributed by atoms with E-state index in [0.29, 0.717) is 31.8 Å². The second-order valence-electron chi connectivity index (χ2n) is 8.25. The van der Waals surface area contributed by atoms with Crippen molar-refractivity contribution >= 4 is 11.8 Å². The maximum absolute atomic E-state index is 12.9. The molecule has 0 saturated carbocycles. The van der Waals surface area contributed by atoms with Crippen LogP contribution in [-0.4, -0.2) is 53.4 Å². The van der Waals surface area contributed by atoms with Crippen molar-refractivity contribution in [2.24, 2.45) is 0 Å². The number of carbonyl (C=O) groups is 2. The third-order valence-corrected chi connectivity index (χ3v) is 5.97. The molecule has 2 amide bonds. The van der Waals surface area contributed by atoms with E-state index in [1.807, 2.05) is 35.2 Å². The molecule has 0 spiro atoms. The first-order chi connectivity index (χ1) is 15.9. The van der Waals surface area contributed by atoms with Crippen molar-refractivity contribution in [3.63, 3.8) is 0 Å². The Morgan fingerprint density at radius 1 is 1.12 bits per heavy atom. The summed E-state index contributed by atoms with van der Waals surface area (Å²) in [6.45, 7) is 5.64. The summed E-state index contributed by atoms with van der Waals surface area (Å²) < 4.78 is 5.96. The molecule has 0 radical (unpaired) electrons. The highest BCUT2D eigenvalue weighted by molar-refractivity contribution is 5.92. The number of nitrogens with zero attached hydrogens (tertiary/aromatic N) is 3. The van der Waals surface area contributed by atoms with Gasteiger partial charge >= 0.3 is 0 Å². The molecule has 0 aliphatic carbocycles. The van der Waals surface area contributed by atoms with E-state index in [2.05, 4.69) is 36.3 Å². The van der Waals surface area contributed by atoms with E-state index in [1.54, 1.807) is 19.3 Å². The normalized spacial score (nSPS) is 15.8. The fourth-order valence-corrected chi connectivity index (χ4v) is 3.85. The lowest BCUT2D eigenvalue weighted by Crippen LogP contribution is -2.43. The predicted molar refractivity (Wildman–Crippen MR) is 126 cm³/mol. The number of ether oxygens (including phenoxy) is 1. The lowest BCUT2D eigenvalue weighted by atomic mass is 10.0. The van der Waals surface area contributed by atoms with Gasteiger partial charge in [-0.25, -0.2) is 4.98 Å². The summed E-state index contributed by atoms with van der Waals surface area (Å²) in [5.74, 6) is -0.138. The van der Waals surface area contributed by atoms with Crippen molar-refractivity contribution < 1.29 is 14.3 Å². The molecule has 33 heavy (non-hydrogen) atoms. The molecule has 4 rings (SSSR count). The van der Waals surface area contributed by atoms with Gasteiger partial charge in [0.25, 0.3) is 5.91 Å². The van der Waals surface area contributed by atoms with Crippen molar-refractivity contribution in [2.45, 2.75) is 26.4 Å². The van der Waals surface area contributed by atoms with Gasteiger partial charge in [-0.15, -0.1) is 0 Å². The maximum Gasteiger partial charge on any atom is 0.269 e. The van der Waals surface area contributed by atoms with E-state index < -0.39 is 0 Å². The topological polar surface area (TPSA) is 84.4 Å². The van der Waals surface area contributed by atoms with E-state index in [-0.39, 0.29) is 17.9 Å². The molecule has 1 atom stereocenters. The molecule has 170 valence electrons. The first kappa shape index (κ1) is 22.6. The molecule has 3 heterocycles. The summed E-state index contributed by atoms with van der Waals surface area (Å²) in [7, 11) is 1.57. The van der Waals surface area contributed by atoms with Gasteiger partial charge in [-0.05, 0) is 54.8 Å². The predicted octanol–water partition coefficient (Wildman–Crippen LogP) is 3.26. The van der Waals surface area contributed by atoms with Gasteiger partial charge in [0.05, 0.1) is 31.0 Å². The van der Waals surface area contributed by atoms with E-state index in [1.165, 1.54) is 11.1 Å². The van der Waals surface area contributed by atoms with Crippen LogP contribution in [0.1, 0.15) is 39.0 Å². The van der Waals surface area contributed by atoms with Crippen LogP contribution in [0, 0.1) is 13.8 Å². The summed E-state index contributed by atoms with van der Waals surface area (Å²) in [6, 6.07) is 15.4. The van der Waals surface area contributed by atoms with Crippen LogP contribution in [0.25, 0.3) is 11.3 Å². The smallest absolute Gasteiger partial charge is 0.269 e. The van der Waals surface area contributed by atoms with E-state index in [4.69, 9.17) is 9.72 Å². The minimum Gasteiger partial charge on any atom is -0.368 e. The number of carbonyl (C=O) groups excluding carboxylic acids is 2. The number of nitrogens with one attached hydrogen (secondary N) is 1. The van der Waals surface area contributed by atoms with Gasteiger partial charge in [-0.1, -0.05) is 24.3 Å². The molecule has 7 heteroatoms. The minimum absolute atomic E-state index is 0.0942. The fourth-order valence-electron chi connectivity index (χ4n) is 3.85. The summed E-state index contributed by atoms with van der Waals surface area (Å²) in [4.78, 5) is 35.5. The van der Waals surface area contributed by atoms with Gasteiger partial charge in [0, 0.05) is 25.4 Å². The molecule has 3 aromatic rings. The van der Waals surface area contributed by atoms with Crippen LogP contribution in [0.15, 0.2) is 54.7 Å². The van der Waals surface area contributed by atoms with Crippen LogP contribution in [0.3, 0.4) is 0 Å². The Balaban J connectivity index is 1.46. The molecule has 1 aromatic carbocycles. The summed E-state index contributed by atoms with van der Waals surface area (Å²) in [5, 5.41) is 2.56. The van der Waals surface area contributed by atoms with Crippen LogP contribution in [0.2, 0.25) is 0 Å². The lowest BCUT2D eigenvalue weighted by Gasteiger charge is -2.33. The van der Waals surface area contributed by atoms with E-state index in [0.717, 1.165) is 22.5 Å². The summed E-state index contributed by atoms with van der Waals surface area (Å²) in [5.41, 5.74) is 6.12. The molecule has 1 N–H and O–H groups in total. The largest absolute Gasteiger partial charge is 0.368 e. The highest BCUT2D eigenvalue weighted by Gasteiger charge is 2.26. The van der Waals surface area contributed by atoms with E-state index >= 15 is 0 Å². The van der Waals surface area contributed by atoms with Gasteiger partial charge < -0.3 is 15.0 Å². The zero-order valence-electron chi connectivity index (χ0n) is 19.2. The molecule has 7 nitrogen and oxygen atoms in total. The summed E-state index contributed by atoms with van der Waals surface area (Å²) >= 11 is 0. The van der Waals surface area contributed by atoms with Gasteiger partial charge in [0.2, 0.25) is 5.91 Å². The number of hydrogen-bond acceptors (Lipinski definition) is 5. The Labute approximate surface area is 193 Å². The second kappa shape index (κ2) is 9.92. The standard InChI is InChI=1S/C26H28N4O3/c1-17-7-8-19(13-18(17)2)14-25(31)30-11-12-33-24(16-30)22-6-4-5-21(29-22)20-9-10-23(28-15-20)26(32)27-3/h4-10,13,15,24H,11-12,14,16H2,1-3H3,(H,27,32). The molecule has 1 saturated heterocycles. The van der Waals surface area contributed by atoms with Crippen molar-refractivity contribution in [3.8, 4) is 11.3 Å². The van der Waals surface area contributed by atoms with E-state index in [9.17, 15) is 9.59 Å². The number of morpholine rings is 1. The molecule has 1 unspecified atom stereocenters. The number of aryl methyl sites for hydroxylation is 2. The highest BCUT2D eigenvalue weighted by Crippen LogP contribution is 2.24. The first-order valence-electron chi connectivity index (χ1n) is 11.1. The van der Waals surface area contributed by atoms with Crippen LogP contribution in [-0.2, 0) is 16.0 Å². The molecule has 1 aliphatic heterocycles. The van der Waals surface area contributed by atoms with Crippen LogP contribution >= 0.6 is 0 Å². The number of rotatable bonds is 5. The highest BCUT2D eigenvalue weighted by atomic mass is 16.5. The molecule has 2 aromatic heterocycles. The van der Waals surface area contributed by atoms with Gasteiger partial charge in [-0.2, -0.15) is 0 Å². The van der Waals surface area contributed by atoms with Crippen molar-refractivity contribution in [1.82, 2.24) is 20.2 Å². The van der Waals surface area contributed by atoms with Crippen LogP contribution in [0.5, 0.6) is 0 Å². The SMILES string of the molecule is CNC(=O)c1ccc(-c2cccc(C3CN(C(=O)Cc4ccc(C)c(C)c4)CCO3)n2)cn1. The second-order valence-corrected chi connectivity index (χ2v) is 8.25. The third kappa shape index (κ3) is 5.26. The number of pyridine rings is 2. The summed E-state index contributed by atoms with van der Waals surface area (Å²) in [6.07, 6.45) is 1.73. The molecule has 1 fully saturated rings. The zero-order valence-corrected chi connectivity index (χ0v) is 19.2. The first-order valence-corrected chi connectivity index (χ1v) is 11.1. The number of amides is 2. The molecular weight excluding hydrogens is 416 g/mol. The van der Waals surface area contributed by atoms with Crippen LogP contribution < -0.4 is 5.32 Å². The average molecular weight is 445 g/mol. The Morgan fingerprint density at radius 2 is 1.97 bits per heavy atom. The number of hydrogen-bond donors (Lipinski definition) is 1. The molecule has 1 aliphatic rings. The fraction of sp³-hybridized carbons (Fsp3) is 0.308. The van der Waals surface area contributed by atoms with Gasteiger partial charge in [0.15, 0.2) is 0 Å². The third-order valence-electron chi connectivity index (χ3n) is 5.97. The number of benzene rings is 1. The average Bonchev–Trinajstić information content (AvgIpc) is 2.86. The Hall–Kier alpha value is -3.58. The Kier molecular flexibility index (Phi) is 6.79. The molecule has 0 bridgehead atoms. The van der Waals surface area contributed by atoms with Gasteiger partial charge in [-0.3, -0.25) is 14.6 Å². The van der Waals surface area contributed by atoms with Crippen molar-refractivity contribution in [2.75, 3.05) is 26.7 Å². The zero-order chi connectivity index (χ0) is 23.4. The quantitative estimate of drug-likeness (QED) is 0.653. The Bertz CT molecular complexity index is 1160.